The highest BCUT2D eigenvalue weighted by atomic mass is 19.4. The van der Waals surface area contributed by atoms with Gasteiger partial charge in [0, 0.05) is 73.5 Å². The second-order valence-corrected chi connectivity index (χ2v) is 15.4. The van der Waals surface area contributed by atoms with E-state index in [1.807, 2.05) is 27.7 Å². The second-order valence-electron chi connectivity index (χ2n) is 15.4. The summed E-state index contributed by atoms with van der Waals surface area (Å²) in [5.41, 5.74) is -0.706. The minimum Gasteiger partial charge on any atom is -0.388 e. The quantitative estimate of drug-likeness (QED) is 0.0396. The van der Waals surface area contributed by atoms with Crippen LogP contribution in [-0.2, 0) is 19.1 Å². The van der Waals surface area contributed by atoms with Crippen LogP contribution in [0.3, 0.4) is 0 Å². The molecule has 2 aromatic carbocycles. The van der Waals surface area contributed by atoms with Crippen LogP contribution in [0.15, 0.2) is 36.4 Å². The zero-order valence-electron chi connectivity index (χ0n) is 42.7. The van der Waals surface area contributed by atoms with E-state index >= 15 is 0 Å². The molecule has 0 spiro atoms. The summed E-state index contributed by atoms with van der Waals surface area (Å²) in [6.07, 6.45) is -16.3. The highest BCUT2D eigenvalue weighted by Gasteiger charge is 2.40. The lowest BCUT2D eigenvalue weighted by Gasteiger charge is -2.20. The van der Waals surface area contributed by atoms with Gasteiger partial charge in [-0.25, -0.2) is 0 Å². The average Bonchev–Trinajstić information content (AvgIpc) is 3.35. The van der Waals surface area contributed by atoms with Crippen LogP contribution < -0.4 is 37.2 Å². The van der Waals surface area contributed by atoms with Gasteiger partial charge in [-0.2, -0.15) is 39.5 Å². The summed E-state index contributed by atoms with van der Waals surface area (Å²) in [5.74, 6) is -11.5. The molecule has 0 atom stereocenters. The molecule has 20 nitrogen and oxygen atoms in total. The fourth-order valence-electron chi connectivity index (χ4n) is 5.86. The first-order valence-corrected chi connectivity index (χ1v) is 23.1. The molecule has 29 heteroatoms. The van der Waals surface area contributed by atoms with Crippen LogP contribution >= 0.6 is 0 Å². The number of Topliss-reactive ketones (excluding diaryl/α,β-unsaturated/α-hetero) is 2. The number of hydrogen-bond donors (Lipinski definition) is 7. The number of methoxy groups -OCH3 is 1. The molecule has 2 rings (SSSR count). The Morgan fingerprint density at radius 2 is 0.671 bits per heavy atom. The molecule has 7 N–H and O–H groups in total. The Kier molecular flexibility index (Phi) is 33.4. The number of ketones is 2. The minimum absolute atomic E-state index is 0. The van der Waals surface area contributed by atoms with Crippen molar-refractivity contribution in [3.05, 3.63) is 69.8 Å². The molecule has 0 aliphatic rings. The summed E-state index contributed by atoms with van der Waals surface area (Å²) >= 11 is 0. The van der Waals surface area contributed by atoms with E-state index in [4.69, 9.17) is 0 Å². The van der Waals surface area contributed by atoms with Crippen LogP contribution in [-0.4, -0.2) is 179 Å². The summed E-state index contributed by atoms with van der Waals surface area (Å²) < 4.78 is 114. The summed E-state index contributed by atoms with van der Waals surface area (Å²) in [4.78, 5) is 114. The molecule has 0 radical (unpaired) electrons. The molecular formula is C47H69F9N10O10. The van der Waals surface area contributed by atoms with Crippen molar-refractivity contribution in [3.63, 3.8) is 0 Å². The van der Waals surface area contributed by atoms with Crippen molar-refractivity contribution in [1.29, 1.82) is 0 Å². The van der Waals surface area contributed by atoms with Crippen molar-refractivity contribution >= 4 is 52.9 Å². The third-order valence-electron chi connectivity index (χ3n) is 10.2. The Bertz CT molecular complexity index is 1960. The number of amides is 7. The highest BCUT2D eigenvalue weighted by Crippen LogP contribution is 2.18. The van der Waals surface area contributed by atoms with E-state index in [1.165, 1.54) is 16.0 Å². The normalized spacial score (nSPS) is 11.2. The minimum atomic E-state index is -5.29. The van der Waals surface area contributed by atoms with Crippen molar-refractivity contribution in [2.24, 2.45) is 0 Å². The number of carbonyl (C=O) groups excluding carboxylic acids is 9. The van der Waals surface area contributed by atoms with Gasteiger partial charge in [-0.3, -0.25) is 53.0 Å². The third-order valence-corrected chi connectivity index (χ3v) is 10.2. The molecule has 0 fully saturated rings. The van der Waals surface area contributed by atoms with Crippen LogP contribution in [0.2, 0.25) is 0 Å². The number of carbonyl (C=O) groups is 9. The molecule has 430 valence electrons. The van der Waals surface area contributed by atoms with E-state index in [0.717, 1.165) is 57.5 Å². The summed E-state index contributed by atoms with van der Waals surface area (Å²) in [5, 5.41) is 13.4. The van der Waals surface area contributed by atoms with E-state index in [0.29, 0.717) is 43.0 Å². The summed E-state index contributed by atoms with van der Waals surface area (Å²) in [6, 6.07) is 7.01. The number of nitrogens with zero attached hydrogens (tertiary/aromatic N) is 3. The van der Waals surface area contributed by atoms with Gasteiger partial charge in [-0.15, -0.1) is 0 Å². The summed E-state index contributed by atoms with van der Waals surface area (Å²) in [6.45, 7) is 15.7. The van der Waals surface area contributed by atoms with Gasteiger partial charge in [0.15, 0.2) is 11.6 Å². The highest BCUT2D eigenvalue weighted by molar-refractivity contribution is 6.06. The first-order chi connectivity index (χ1) is 35.0. The van der Waals surface area contributed by atoms with Crippen LogP contribution in [0.4, 0.5) is 39.5 Å². The van der Waals surface area contributed by atoms with Gasteiger partial charge in [-0.05, 0) is 75.7 Å². The van der Waals surface area contributed by atoms with Crippen LogP contribution in [0.5, 0.6) is 0 Å². The SMILES string of the molecule is C.CCN(CC)CCC(=O)c1cc(C(=O)NCN(CC)CC)cc(C(=O)NCN(CC)CC)c1.COC.O=C(CCNC(=O)C(F)(F)F)c1cc(C(=O)NCNC(=O)C(F)(F)F)cc(C(=O)NCNC(=O)C(F)(F)F)c1. The van der Waals surface area contributed by atoms with Crippen molar-refractivity contribution in [3.8, 4) is 0 Å². The maximum Gasteiger partial charge on any atom is 0.471 e. The fourth-order valence-corrected chi connectivity index (χ4v) is 5.86. The zero-order valence-corrected chi connectivity index (χ0v) is 42.7. The first-order valence-electron chi connectivity index (χ1n) is 23.1. The summed E-state index contributed by atoms with van der Waals surface area (Å²) in [7, 11) is 3.25. The van der Waals surface area contributed by atoms with Gasteiger partial charge in [0.1, 0.15) is 0 Å². The Balaban J connectivity index is 0. The van der Waals surface area contributed by atoms with Crippen molar-refractivity contribution in [2.75, 3.05) is 93.3 Å². The Morgan fingerprint density at radius 3 is 0.961 bits per heavy atom. The van der Waals surface area contributed by atoms with E-state index in [9.17, 15) is 82.7 Å². The van der Waals surface area contributed by atoms with Crippen LogP contribution in [0.25, 0.3) is 0 Å². The number of ether oxygens (including phenoxy) is 1. The lowest BCUT2D eigenvalue weighted by atomic mass is 10.00. The smallest absolute Gasteiger partial charge is 0.388 e. The van der Waals surface area contributed by atoms with Crippen molar-refractivity contribution in [1.82, 2.24) is 51.9 Å². The molecule has 76 heavy (non-hydrogen) atoms. The topological polar surface area (TPSA) is 257 Å². The predicted octanol–water partition coefficient (Wildman–Crippen LogP) is 4.23. The van der Waals surface area contributed by atoms with Gasteiger partial charge < -0.3 is 46.9 Å². The van der Waals surface area contributed by atoms with E-state index in [2.05, 4.69) is 43.9 Å². The zero-order chi connectivity index (χ0) is 57.7. The molecule has 2 aromatic rings. The number of hydrogen-bond acceptors (Lipinski definition) is 13. The average molecular weight is 1110 g/mol. The molecule has 7 amide bonds. The Labute approximate surface area is 434 Å². The standard InChI is InChI=1S/C25H43N5O3.C19H16F9N5O6.C2H6O.CH4/c1-7-28(8-2)14-13-23(31)20-15-21(24(32)26-18-29(9-3)10-4)17-22(16-20)25(33)27-19-30(11-5)12-6;20-17(21,22)14(37)29-2-1-11(34)8-3-9(12(35)30-6-32-15(38)18(23,24)25)5-10(4-8)13(36)31-7-33-16(39)19(26,27)28;1-3-2;/h15-17H,7-14,18-19H2,1-6H3,(H,26,32)(H,27,33);3-5H,1-2,6-7H2,(H,29,37)(H,30,35)(H,31,36)(H,32,38)(H,33,39);1-2H3;1H4. The van der Waals surface area contributed by atoms with Gasteiger partial charge >= 0.3 is 36.3 Å². The second kappa shape index (κ2) is 35.5. The monoisotopic (exact) mass is 1100 g/mol. The maximum absolute atomic E-state index is 12.9. The van der Waals surface area contributed by atoms with E-state index in [-0.39, 0.29) is 25.0 Å². The van der Waals surface area contributed by atoms with Crippen LogP contribution in [0.1, 0.15) is 124 Å². The van der Waals surface area contributed by atoms with Gasteiger partial charge in [-0.1, -0.05) is 49.0 Å². The lowest BCUT2D eigenvalue weighted by molar-refractivity contribution is -0.173. The van der Waals surface area contributed by atoms with Gasteiger partial charge in [0.05, 0.1) is 26.7 Å². The number of halogens is 9. The molecule has 0 aliphatic heterocycles. The third kappa shape index (κ3) is 27.2. The number of alkyl halides is 9. The fraction of sp³-hybridized carbons (Fsp3) is 0.553. The lowest BCUT2D eigenvalue weighted by Crippen LogP contribution is -2.44. The van der Waals surface area contributed by atoms with Gasteiger partial charge in [0.25, 0.3) is 23.6 Å². The van der Waals surface area contributed by atoms with E-state index in [1.54, 1.807) is 43.1 Å². The molecule has 0 saturated heterocycles. The maximum atomic E-state index is 12.9. The number of benzene rings is 2. The predicted molar refractivity (Wildman–Crippen MR) is 261 cm³/mol. The number of nitrogens with one attached hydrogen (secondary N) is 7. The molecule has 0 unspecified atom stereocenters. The molecule has 0 bridgehead atoms. The first kappa shape index (κ1) is 71.4. The van der Waals surface area contributed by atoms with Gasteiger partial charge in [0.2, 0.25) is 0 Å². The van der Waals surface area contributed by atoms with Crippen molar-refractivity contribution in [2.45, 2.75) is 80.3 Å². The Morgan fingerprint density at radius 1 is 0.408 bits per heavy atom. The Hall–Kier alpha value is -6.72. The molecule has 0 aromatic heterocycles. The molecule has 0 saturated carbocycles. The largest absolute Gasteiger partial charge is 0.471 e. The number of rotatable bonds is 26. The van der Waals surface area contributed by atoms with Crippen LogP contribution in [0, 0.1) is 0 Å². The van der Waals surface area contributed by atoms with E-state index < -0.39 is 96.8 Å². The molecule has 0 heterocycles. The molecule has 0 aliphatic carbocycles. The van der Waals surface area contributed by atoms with Crippen molar-refractivity contribution < 1.29 is 87.4 Å². The molecular weight excluding hydrogens is 1040 g/mol.